The summed E-state index contributed by atoms with van der Waals surface area (Å²) in [5.74, 6) is 0. The van der Waals surface area contributed by atoms with Crippen LogP contribution in [0.5, 0.6) is 0 Å². The Kier molecular flexibility index (Phi) is 5.00. The molecule has 0 amide bonds. The molecule has 25 heavy (non-hydrogen) atoms. The fourth-order valence-electron chi connectivity index (χ4n) is 2.81. The normalized spacial score (nSPS) is 39.1. The lowest BCUT2D eigenvalue weighted by atomic mass is 10.0. The van der Waals surface area contributed by atoms with Gasteiger partial charge in [0.15, 0.2) is 6.23 Å². The van der Waals surface area contributed by atoms with Gasteiger partial charge in [0.25, 0.3) is 5.56 Å². The third-order valence-corrected chi connectivity index (χ3v) is 6.28. The number of aromatic amines is 1. The van der Waals surface area contributed by atoms with E-state index >= 15 is 0 Å². The van der Waals surface area contributed by atoms with Crippen molar-refractivity contribution in [2.24, 2.45) is 0 Å². The van der Waals surface area contributed by atoms with Gasteiger partial charge in [0.2, 0.25) is 0 Å². The lowest BCUT2D eigenvalue weighted by Crippen LogP contribution is -2.45. The number of H-pyrrole nitrogens is 1. The number of fused-ring (bicyclic) bond motifs is 1. The highest BCUT2D eigenvalue weighted by Gasteiger charge is 2.60. The van der Waals surface area contributed by atoms with Gasteiger partial charge < -0.3 is 4.74 Å². The number of rotatable bonds is 4. The van der Waals surface area contributed by atoms with E-state index in [1.165, 1.54) is 12.3 Å². The molecule has 1 N–H and O–H groups in total. The van der Waals surface area contributed by atoms with E-state index < -0.39 is 42.4 Å². The standard InChI is InChI=1S/C14H20ClN2O7P/c1-4-8(2)23-25(20)21-7-9-11(24-25)14(3,15)12(22-9)17-6-5-10(18)16-13(17)19/h5-6,8-9,11-12H,4,7H2,1-3H3,(H,16,18,19). The summed E-state index contributed by atoms with van der Waals surface area (Å²) in [7, 11) is -3.78. The molecule has 2 saturated heterocycles. The number of nitrogens with zero attached hydrogens (tertiary/aromatic N) is 1. The number of hydrogen-bond acceptors (Lipinski definition) is 7. The first-order chi connectivity index (χ1) is 11.7. The Labute approximate surface area is 148 Å². The number of alkyl halides is 1. The van der Waals surface area contributed by atoms with E-state index in [9.17, 15) is 14.2 Å². The average molecular weight is 395 g/mol. The minimum absolute atomic E-state index is 0.0463. The van der Waals surface area contributed by atoms with Gasteiger partial charge in [-0.3, -0.25) is 27.9 Å². The molecule has 2 aliphatic heterocycles. The summed E-state index contributed by atoms with van der Waals surface area (Å²) in [5, 5.41) is 0. The summed E-state index contributed by atoms with van der Waals surface area (Å²) in [6.45, 7) is 5.20. The van der Waals surface area contributed by atoms with Crippen LogP contribution in [0.25, 0.3) is 0 Å². The van der Waals surface area contributed by atoms with Crippen LogP contribution in [0.4, 0.5) is 0 Å². The van der Waals surface area contributed by atoms with Crippen molar-refractivity contribution in [1.29, 1.82) is 0 Å². The Morgan fingerprint density at radius 1 is 1.56 bits per heavy atom. The van der Waals surface area contributed by atoms with Crippen LogP contribution >= 0.6 is 19.4 Å². The minimum Gasteiger partial charge on any atom is -0.347 e. The second-order valence-electron chi connectivity index (χ2n) is 6.29. The maximum Gasteiger partial charge on any atom is 0.475 e. The number of aromatic nitrogens is 2. The van der Waals surface area contributed by atoms with Gasteiger partial charge >= 0.3 is 13.5 Å². The summed E-state index contributed by atoms with van der Waals surface area (Å²) < 4.78 is 35.9. The third kappa shape index (κ3) is 3.49. The zero-order chi connectivity index (χ0) is 18.4. The molecule has 0 spiro atoms. The van der Waals surface area contributed by atoms with Crippen molar-refractivity contribution < 1.29 is 22.9 Å². The third-order valence-electron chi connectivity index (χ3n) is 4.31. The zero-order valence-electron chi connectivity index (χ0n) is 14.0. The predicted molar refractivity (Wildman–Crippen MR) is 88.8 cm³/mol. The Morgan fingerprint density at radius 2 is 2.28 bits per heavy atom. The molecule has 1 aromatic heterocycles. The van der Waals surface area contributed by atoms with E-state index in [2.05, 4.69) is 4.98 Å². The van der Waals surface area contributed by atoms with E-state index in [0.29, 0.717) is 6.42 Å². The quantitative estimate of drug-likeness (QED) is 0.612. The van der Waals surface area contributed by atoms with Crippen molar-refractivity contribution in [2.45, 2.75) is 56.6 Å². The van der Waals surface area contributed by atoms with E-state index in [-0.39, 0.29) is 12.7 Å². The van der Waals surface area contributed by atoms with Crippen molar-refractivity contribution in [1.82, 2.24) is 9.55 Å². The van der Waals surface area contributed by atoms with Gasteiger partial charge in [0.05, 0.1) is 12.7 Å². The van der Waals surface area contributed by atoms with Crippen molar-refractivity contribution in [3.63, 3.8) is 0 Å². The summed E-state index contributed by atoms with van der Waals surface area (Å²) in [4.78, 5) is 24.2. The summed E-state index contributed by atoms with van der Waals surface area (Å²) in [6, 6.07) is 1.19. The van der Waals surface area contributed by atoms with Crippen LogP contribution in [0.2, 0.25) is 0 Å². The van der Waals surface area contributed by atoms with Gasteiger partial charge in [-0.1, -0.05) is 6.92 Å². The molecule has 0 aliphatic carbocycles. The minimum atomic E-state index is -3.78. The van der Waals surface area contributed by atoms with Crippen molar-refractivity contribution >= 4 is 19.4 Å². The highest BCUT2D eigenvalue weighted by molar-refractivity contribution is 7.48. The molecule has 6 unspecified atom stereocenters. The van der Waals surface area contributed by atoms with E-state index in [0.717, 1.165) is 4.57 Å². The number of phosphoric acid groups is 1. The number of halogens is 1. The molecule has 6 atom stereocenters. The first kappa shape index (κ1) is 18.8. The average Bonchev–Trinajstić information content (AvgIpc) is 2.78. The molecule has 2 aliphatic rings. The molecule has 0 radical (unpaired) electrons. The molecule has 1 aromatic rings. The Bertz CT molecular complexity index is 807. The largest absolute Gasteiger partial charge is 0.475 e. The van der Waals surface area contributed by atoms with E-state index in [1.54, 1.807) is 13.8 Å². The second-order valence-corrected chi connectivity index (χ2v) is 8.68. The van der Waals surface area contributed by atoms with E-state index in [1.807, 2.05) is 6.92 Å². The molecule has 0 aromatic carbocycles. The fourth-order valence-corrected chi connectivity index (χ4v) is 4.93. The Hall–Kier alpha value is -0.960. The number of ether oxygens (including phenoxy) is 1. The lowest BCUT2D eigenvalue weighted by Gasteiger charge is -2.35. The fraction of sp³-hybridized carbons (Fsp3) is 0.714. The van der Waals surface area contributed by atoms with Crippen LogP contribution < -0.4 is 11.2 Å². The molecular weight excluding hydrogens is 375 g/mol. The van der Waals surface area contributed by atoms with Gasteiger partial charge in [-0.05, 0) is 20.3 Å². The first-order valence-electron chi connectivity index (χ1n) is 7.93. The molecule has 0 saturated carbocycles. The smallest absolute Gasteiger partial charge is 0.347 e. The molecule has 0 bridgehead atoms. The van der Waals surface area contributed by atoms with Crippen LogP contribution in [0, 0.1) is 0 Å². The number of nitrogens with one attached hydrogen (secondary N) is 1. The molecule has 2 fully saturated rings. The second kappa shape index (κ2) is 6.64. The zero-order valence-corrected chi connectivity index (χ0v) is 15.7. The van der Waals surface area contributed by atoms with Crippen molar-refractivity contribution in [2.75, 3.05) is 6.61 Å². The molecular formula is C14H20ClN2O7P. The van der Waals surface area contributed by atoms with E-state index in [4.69, 9.17) is 29.9 Å². The highest BCUT2D eigenvalue weighted by atomic mass is 35.5. The monoisotopic (exact) mass is 394 g/mol. The Morgan fingerprint density at radius 3 is 2.92 bits per heavy atom. The molecule has 140 valence electrons. The van der Waals surface area contributed by atoms with Crippen molar-refractivity contribution in [3.05, 3.63) is 33.1 Å². The number of hydrogen-bond donors (Lipinski definition) is 1. The first-order valence-corrected chi connectivity index (χ1v) is 9.77. The number of phosphoric ester groups is 1. The van der Waals surface area contributed by atoms with Crippen LogP contribution in [0.15, 0.2) is 21.9 Å². The van der Waals surface area contributed by atoms with Crippen LogP contribution in [0.1, 0.15) is 33.4 Å². The van der Waals surface area contributed by atoms with Gasteiger partial charge in [0, 0.05) is 12.3 Å². The summed E-state index contributed by atoms with van der Waals surface area (Å²) in [5.41, 5.74) is -1.19. The van der Waals surface area contributed by atoms with Crippen molar-refractivity contribution in [3.8, 4) is 0 Å². The van der Waals surface area contributed by atoms with Crippen LogP contribution in [0.3, 0.4) is 0 Å². The predicted octanol–water partition coefficient (Wildman–Crippen LogP) is 1.77. The summed E-state index contributed by atoms with van der Waals surface area (Å²) in [6.07, 6.45) is -0.777. The van der Waals surface area contributed by atoms with Gasteiger partial charge in [0.1, 0.15) is 17.1 Å². The SMILES string of the molecule is CCC(C)OP1(=O)OCC2OC(n3ccc(=O)[nH]c3=O)C(C)(Cl)C2O1. The Balaban J connectivity index is 1.88. The summed E-state index contributed by atoms with van der Waals surface area (Å²) >= 11 is 6.62. The van der Waals surface area contributed by atoms with Gasteiger partial charge in [-0.2, -0.15) is 0 Å². The highest BCUT2D eigenvalue weighted by Crippen LogP contribution is 2.60. The van der Waals surface area contributed by atoms with Crippen LogP contribution in [-0.4, -0.2) is 39.3 Å². The molecule has 3 rings (SSSR count). The maximum atomic E-state index is 12.7. The van der Waals surface area contributed by atoms with Gasteiger partial charge in [-0.15, -0.1) is 11.6 Å². The molecule has 11 heteroatoms. The van der Waals surface area contributed by atoms with Crippen LogP contribution in [-0.2, 0) is 22.9 Å². The lowest BCUT2D eigenvalue weighted by molar-refractivity contribution is -0.0756. The maximum absolute atomic E-state index is 12.7. The molecule has 3 heterocycles. The molecule has 9 nitrogen and oxygen atoms in total. The van der Waals surface area contributed by atoms with Gasteiger partial charge in [-0.25, -0.2) is 9.36 Å². The topological polar surface area (TPSA) is 109 Å².